The molecule has 0 spiro atoms. The summed E-state index contributed by atoms with van der Waals surface area (Å²) in [5.41, 5.74) is 6.24. The number of nitrogens with one attached hydrogen (secondary N) is 1. The zero-order valence-corrected chi connectivity index (χ0v) is 11.2. The number of ether oxygens (including phenoxy) is 1. The minimum absolute atomic E-state index is 0.0296. The molecular formula is C14H19N3O2. The lowest BCUT2D eigenvalue weighted by Crippen LogP contribution is -2.32. The summed E-state index contributed by atoms with van der Waals surface area (Å²) >= 11 is 0. The number of nitrogens with zero attached hydrogens (tertiary/aromatic N) is 1. The Morgan fingerprint density at radius 3 is 2.58 bits per heavy atom. The first-order valence-electron chi connectivity index (χ1n) is 6.17. The minimum atomic E-state index is -0.313. The van der Waals surface area contributed by atoms with Gasteiger partial charge >= 0.3 is 0 Å². The van der Waals surface area contributed by atoms with Crippen molar-refractivity contribution in [1.82, 2.24) is 5.32 Å². The predicted molar refractivity (Wildman–Crippen MR) is 72.4 cm³/mol. The molecule has 102 valence electrons. The van der Waals surface area contributed by atoms with Crippen LogP contribution in [0.2, 0.25) is 0 Å². The summed E-state index contributed by atoms with van der Waals surface area (Å²) in [6.07, 6.45) is 0.313. The Hall–Kier alpha value is -2.06. The molecular weight excluding hydrogens is 242 g/mol. The second-order valence-electron chi connectivity index (χ2n) is 4.48. The van der Waals surface area contributed by atoms with Gasteiger partial charge in [0.2, 0.25) is 5.91 Å². The highest BCUT2D eigenvalue weighted by molar-refractivity contribution is 5.74. The van der Waals surface area contributed by atoms with Gasteiger partial charge in [-0.15, -0.1) is 0 Å². The van der Waals surface area contributed by atoms with Crippen LogP contribution in [0.5, 0.6) is 5.75 Å². The van der Waals surface area contributed by atoms with E-state index in [2.05, 4.69) is 5.32 Å². The van der Waals surface area contributed by atoms with Crippen LogP contribution in [0.1, 0.15) is 31.9 Å². The van der Waals surface area contributed by atoms with E-state index < -0.39 is 0 Å². The van der Waals surface area contributed by atoms with Crippen LogP contribution in [0.15, 0.2) is 24.3 Å². The number of nitrogens with two attached hydrogens (primary N) is 1. The molecule has 0 aliphatic rings. The van der Waals surface area contributed by atoms with E-state index in [1.165, 1.54) is 0 Å². The summed E-state index contributed by atoms with van der Waals surface area (Å²) in [6.45, 7) is 3.98. The fourth-order valence-electron chi connectivity index (χ4n) is 1.85. The summed E-state index contributed by atoms with van der Waals surface area (Å²) in [6, 6.07) is 9.57. The lowest BCUT2D eigenvalue weighted by Gasteiger charge is -2.19. The van der Waals surface area contributed by atoms with Crippen molar-refractivity contribution in [2.75, 3.05) is 6.61 Å². The molecule has 0 fully saturated rings. The normalized spacial score (nSPS) is 13.3. The highest BCUT2D eigenvalue weighted by Gasteiger charge is 2.11. The highest BCUT2D eigenvalue weighted by Crippen LogP contribution is 2.18. The smallest absolute Gasteiger partial charge is 0.218 e. The van der Waals surface area contributed by atoms with E-state index >= 15 is 0 Å². The zero-order valence-electron chi connectivity index (χ0n) is 11.2. The first-order valence-corrected chi connectivity index (χ1v) is 6.17. The van der Waals surface area contributed by atoms with Gasteiger partial charge in [0, 0.05) is 18.5 Å². The molecule has 3 N–H and O–H groups in total. The average Bonchev–Trinajstić information content (AvgIpc) is 2.35. The molecule has 2 atom stereocenters. The van der Waals surface area contributed by atoms with Gasteiger partial charge in [-0.05, 0) is 31.5 Å². The van der Waals surface area contributed by atoms with Crippen molar-refractivity contribution < 1.29 is 9.53 Å². The van der Waals surface area contributed by atoms with Crippen molar-refractivity contribution in [2.45, 2.75) is 32.4 Å². The van der Waals surface area contributed by atoms with Crippen LogP contribution >= 0.6 is 0 Å². The Balaban J connectivity index is 2.55. The van der Waals surface area contributed by atoms with Crippen LogP contribution in [0, 0.1) is 11.3 Å². The standard InChI is InChI=1S/C14H19N3O2/c1-10(9-14(16)18)17-11(2)12-3-5-13(6-4-12)19-8-7-15/h3-6,10-11,17H,8-9H2,1-2H3,(H2,16,18). The van der Waals surface area contributed by atoms with E-state index in [9.17, 15) is 4.79 Å². The minimum Gasteiger partial charge on any atom is -0.479 e. The number of carbonyl (C=O) groups excluding carboxylic acids is 1. The zero-order chi connectivity index (χ0) is 14.3. The fraction of sp³-hybridized carbons (Fsp3) is 0.429. The average molecular weight is 261 g/mol. The SMILES string of the molecule is CC(CC(N)=O)NC(C)c1ccc(OCC#N)cc1. The second-order valence-corrected chi connectivity index (χ2v) is 4.48. The maximum atomic E-state index is 10.8. The summed E-state index contributed by atoms with van der Waals surface area (Å²) in [5.74, 6) is 0.357. The van der Waals surface area contributed by atoms with Gasteiger partial charge in [-0.2, -0.15) is 5.26 Å². The van der Waals surface area contributed by atoms with Gasteiger partial charge in [0.05, 0.1) is 0 Å². The van der Waals surface area contributed by atoms with Crippen molar-refractivity contribution in [3.05, 3.63) is 29.8 Å². The summed E-state index contributed by atoms with van der Waals surface area (Å²) in [5, 5.41) is 11.7. The Kier molecular flexibility index (Phi) is 5.83. The maximum absolute atomic E-state index is 10.8. The molecule has 5 nitrogen and oxygen atoms in total. The number of hydrogen-bond donors (Lipinski definition) is 2. The number of primary amides is 1. The Morgan fingerprint density at radius 2 is 2.05 bits per heavy atom. The van der Waals surface area contributed by atoms with Gasteiger partial charge in [-0.3, -0.25) is 4.79 Å². The molecule has 1 amide bonds. The lowest BCUT2D eigenvalue weighted by molar-refractivity contribution is -0.118. The van der Waals surface area contributed by atoms with Gasteiger partial charge in [-0.25, -0.2) is 0 Å². The van der Waals surface area contributed by atoms with E-state index in [0.717, 1.165) is 5.56 Å². The molecule has 19 heavy (non-hydrogen) atoms. The van der Waals surface area contributed by atoms with Gasteiger partial charge in [-0.1, -0.05) is 12.1 Å². The molecule has 1 aromatic rings. The van der Waals surface area contributed by atoms with Gasteiger partial charge in [0.15, 0.2) is 6.61 Å². The molecule has 0 aliphatic carbocycles. The van der Waals surface area contributed by atoms with Gasteiger partial charge in [0.1, 0.15) is 11.8 Å². The first kappa shape index (κ1) is 15.0. The van der Waals surface area contributed by atoms with Crippen LogP contribution in [0.25, 0.3) is 0 Å². The molecule has 0 aromatic heterocycles. The Morgan fingerprint density at radius 1 is 1.42 bits per heavy atom. The van der Waals surface area contributed by atoms with Gasteiger partial charge < -0.3 is 15.8 Å². The third kappa shape index (κ3) is 5.40. The highest BCUT2D eigenvalue weighted by atomic mass is 16.5. The quantitative estimate of drug-likeness (QED) is 0.778. The van der Waals surface area contributed by atoms with Crippen molar-refractivity contribution >= 4 is 5.91 Å². The summed E-state index contributed by atoms with van der Waals surface area (Å²) in [4.78, 5) is 10.8. The maximum Gasteiger partial charge on any atom is 0.218 e. The molecule has 1 rings (SSSR count). The van der Waals surface area contributed by atoms with Crippen molar-refractivity contribution in [2.24, 2.45) is 5.73 Å². The van der Waals surface area contributed by atoms with Crippen molar-refractivity contribution in [3.8, 4) is 11.8 Å². The third-order valence-electron chi connectivity index (χ3n) is 2.73. The fourth-order valence-corrected chi connectivity index (χ4v) is 1.85. The molecule has 0 bridgehead atoms. The number of amides is 1. The second kappa shape index (κ2) is 7.39. The number of rotatable bonds is 7. The van der Waals surface area contributed by atoms with Crippen LogP contribution in [0.3, 0.4) is 0 Å². The number of benzene rings is 1. The predicted octanol–water partition coefficient (Wildman–Crippen LogP) is 1.50. The number of nitriles is 1. The van der Waals surface area contributed by atoms with Crippen LogP contribution in [-0.2, 0) is 4.79 Å². The number of hydrogen-bond acceptors (Lipinski definition) is 4. The summed E-state index contributed by atoms with van der Waals surface area (Å²) in [7, 11) is 0. The molecule has 5 heteroatoms. The molecule has 0 saturated carbocycles. The summed E-state index contributed by atoms with van der Waals surface area (Å²) < 4.78 is 5.18. The molecule has 1 aromatic carbocycles. The van der Waals surface area contributed by atoms with E-state index in [1.807, 2.05) is 44.2 Å². The third-order valence-corrected chi connectivity index (χ3v) is 2.73. The van der Waals surface area contributed by atoms with Crippen molar-refractivity contribution in [1.29, 1.82) is 5.26 Å². The molecule has 0 heterocycles. The van der Waals surface area contributed by atoms with E-state index in [-0.39, 0.29) is 24.6 Å². The van der Waals surface area contributed by atoms with E-state index in [4.69, 9.17) is 15.7 Å². The van der Waals surface area contributed by atoms with Crippen LogP contribution in [-0.4, -0.2) is 18.6 Å². The van der Waals surface area contributed by atoms with Gasteiger partial charge in [0.25, 0.3) is 0 Å². The monoisotopic (exact) mass is 261 g/mol. The van der Waals surface area contributed by atoms with Crippen LogP contribution in [0.4, 0.5) is 0 Å². The Bertz CT molecular complexity index is 451. The molecule has 0 radical (unpaired) electrons. The Labute approximate surface area is 113 Å². The lowest BCUT2D eigenvalue weighted by atomic mass is 10.1. The largest absolute Gasteiger partial charge is 0.479 e. The first-order chi connectivity index (χ1) is 9.02. The molecule has 2 unspecified atom stereocenters. The van der Waals surface area contributed by atoms with Crippen LogP contribution < -0.4 is 15.8 Å². The van der Waals surface area contributed by atoms with Crippen molar-refractivity contribution in [3.63, 3.8) is 0 Å². The molecule has 0 aliphatic heterocycles. The number of carbonyl (C=O) groups is 1. The topological polar surface area (TPSA) is 88.1 Å². The van der Waals surface area contributed by atoms with E-state index in [1.54, 1.807) is 0 Å². The van der Waals surface area contributed by atoms with E-state index in [0.29, 0.717) is 12.2 Å². The molecule has 0 saturated heterocycles.